The number of ether oxygens (including phenoxy) is 1. The summed E-state index contributed by atoms with van der Waals surface area (Å²) in [5.41, 5.74) is 10.4. The fourth-order valence-electron chi connectivity index (χ4n) is 5.39. The Hall–Kier alpha value is -3.48. The minimum Gasteiger partial charge on any atom is -0.385 e. The number of alkyl halides is 2. The second-order valence-electron chi connectivity index (χ2n) is 9.23. The van der Waals surface area contributed by atoms with Gasteiger partial charge in [0.15, 0.2) is 17.9 Å². The highest BCUT2D eigenvalue weighted by molar-refractivity contribution is 5.86. The van der Waals surface area contributed by atoms with Crippen molar-refractivity contribution in [3.63, 3.8) is 0 Å². The van der Waals surface area contributed by atoms with Gasteiger partial charge in [-0.15, -0.1) is 0 Å². The summed E-state index contributed by atoms with van der Waals surface area (Å²) in [5.74, 6) is -5.50. The number of fused-ring (bicyclic) bond motifs is 3. The van der Waals surface area contributed by atoms with Crippen molar-refractivity contribution in [1.29, 1.82) is 0 Å². The highest BCUT2D eigenvalue weighted by Gasteiger charge is 2.71. The molecule has 6 rings (SSSR count). The van der Waals surface area contributed by atoms with Crippen molar-refractivity contribution in [2.75, 3.05) is 11.5 Å². The minimum absolute atomic E-state index is 0.171. The summed E-state index contributed by atoms with van der Waals surface area (Å²) in [6, 6.07) is 7.57. The van der Waals surface area contributed by atoms with Crippen molar-refractivity contribution in [2.24, 2.45) is 5.92 Å². The van der Waals surface area contributed by atoms with E-state index < -0.39 is 48.1 Å². The largest absolute Gasteiger partial charge is 0.385 e. The van der Waals surface area contributed by atoms with E-state index in [1.807, 2.05) is 0 Å². The van der Waals surface area contributed by atoms with E-state index in [4.69, 9.17) is 16.2 Å². The second-order valence-corrected chi connectivity index (χ2v) is 9.23. The van der Waals surface area contributed by atoms with Gasteiger partial charge >= 0.3 is 0 Å². The number of pyridine rings is 1. The lowest BCUT2D eigenvalue weighted by atomic mass is 9.89. The Morgan fingerprint density at radius 3 is 2.74 bits per heavy atom. The number of nitrogens with zero attached hydrogens (tertiary/aromatic N) is 4. The zero-order valence-electron chi connectivity index (χ0n) is 18.1. The third-order valence-electron chi connectivity index (χ3n) is 7.12. The number of hydrogen-bond donors (Lipinski definition) is 4. The second kappa shape index (κ2) is 7.26. The number of hydrogen-bond acceptors (Lipinski definition) is 8. The molecule has 1 aromatic carbocycles. The van der Waals surface area contributed by atoms with Gasteiger partial charge in [-0.2, -0.15) is 0 Å². The van der Waals surface area contributed by atoms with Crippen molar-refractivity contribution in [3.8, 4) is 0 Å². The first-order valence-electron chi connectivity index (χ1n) is 10.9. The highest BCUT2D eigenvalue weighted by Crippen LogP contribution is 2.56. The van der Waals surface area contributed by atoms with E-state index in [9.17, 15) is 14.6 Å². The standard InChI is InChI=1S/C23H21F3N6O3/c24-14-7-11-2-1-10(6-15(11)31-19(14)28)5-13-17-22(34,8-23(13,25)26)16(33)21(35-17)32-4-3-12-18(27)29-9-30-20(12)32/h1-4,6-7,9,13,16-17,21,33-34H,5,8H2,(H2,28,31)(H2,27,29,30)/t13-,16-,17+,21+,22-/m0/s1. The lowest BCUT2D eigenvalue weighted by Crippen LogP contribution is -2.45. The van der Waals surface area contributed by atoms with Crippen LogP contribution in [0.15, 0.2) is 42.9 Å². The van der Waals surface area contributed by atoms with E-state index in [1.165, 1.54) is 17.0 Å². The van der Waals surface area contributed by atoms with Crippen LogP contribution in [0.1, 0.15) is 18.2 Å². The van der Waals surface area contributed by atoms with Crippen LogP contribution in [-0.2, 0) is 11.2 Å². The fraction of sp³-hybridized carbons (Fsp3) is 0.348. The van der Waals surface area contributed by atoms with Gasteiger partial charge in [0.05, 0.1) is 16.8 Å². The highest BCUT2D eigenvalue weighted by atomic mass is 19.3. The zero-order valence-corrected chi connectivity index (χ0v) is 18.1. The third-order valence-corrected chi connectivity index (χ3v) is 7.12. The molecule has 0 radical (unpaired) electrons. The van der Waals surface area contributed by atoms with Crippen molar-refractivity contribution in [3.05, 3.63) is 54.2 Å². The number of rotatable bonds is 3. The van der Waals surface area contributed by atoms with Crippen LogP contribution in [0, 0.1) is 11.7 Å². The summed E-state index contributed by atoms with van der Waals surface area (Å²) in [6.07, 6.45) is -2.50. The van der Waals surface area contributed by atoms with Gasteiger partial charge in [-0.3, -0.25) is 0 Å². The molecule has 3 aromatic heterocycles. The zero-order chi connectivity index (χ0) is 24.7. The molecule has 1 aliphatic carbocycles. The molecule has 6 N–H and O–H groups in total. The molecule has 0 amide bonds. The number of aromatic nitrogens is 4. The van der Waals surface area contributed by atoms with Crippen LogP contribution in [-0.4, -0.2) is 53.5 Å². The molecule has 4 heterocycles. The Balaban J connectivity index is 1.35. The molecule has 0 unspecified atom stereocenters. The van der Waals surface area contributed by atoms with Crippen molar-refractivity contribution < 1.29 is 28.1 Å². The van der Waals surface area contributed by atoms with E-state index in [2.05, 4.69) is 15.0 Å². The molecular weight excluding hydrogens is 465 g/mol. The average molecular weight is 486 g/mol. The number of aliphatic hydroxyl groups is 2. The Labute approximate surface area is 196 Å². The van der Waals surface area contributed by atoms with Crippen molar-refractivity contribution >= 4 is 33.6 Å². The lowest BCUT2D eigenvalue weighted by Gasteiger charge is -2.26. The lowest BCUT2D eigenvalue weighted by molar-refractivity contribution is -0.118. The summed E-state index contributed by atoms with van der Waals surface area (Å²) in [7, 11) is 0. The van der Waals surface area contributed by atoms with Gasteiger partial charge in [0, 0.05) is 18.0 Å². The number of benzene rings is 1. The van der Waals surface area contributed by atoms with E-state index in [0.717, 1.165) is 0 Å². The minimum atomic E-state index is -3.32. The van der Waals surface area contributed by atoms with Crippen LogP contribution in [0.25, 0.3) is 21.9 Å². The van der Waals surface area contributed by atoms with Gasteiger partial charge in [-0.05, 0) is 30.2 Å². The van der Waals surface area contributed by atoms with Crippen LogP contribution in [0.4, 0.5) is 24.8 Å². The quantitative estimate of drug-likeness (QED) is 0.345. The van der Waals surface area contributed by atoms with Crippen LogP contribution < -0.4 is 11.5 Å². The van der Waals surface area contributed by atoms with Gasteiger partial charge in [0.1, 0.15) is 35.6 Å². The van der Waals surface area contributed by atoms with E-state index in [0.29, 0.717) is 27.5 Å². The smallest absolute Gasteiger partial charge is 0.256 e. The Morgan fingerprint density at radius 2 is 1.94 bits per heavy atom. The summed E-state index contributed by atoms with van der Waals surface area (Å²) < 4.78 is 51.4. The number of anilines is 2. The summed E-state index contributed by atoms with van der Waals surface area (Å²) in [4.78, 5) is 12.1. The molecule has 2 fully saturated rings. The molecule has 12 heteroatoms. The molecule has 35 heavy (non-hydrogen) atoms. The summed E-state index contributed by atoms with van der Waals surface area (Å²) in [6.45, 7) is 0. The molecule has 2 aliphatic rings. The Kier molecular flexibility index (Phi) is 4.57. The van der Waals surface area contributed by atoms with Crippen LogP contribution >= 0.6 is 0 Å². The Bertz CT molecular complexity index is 1480. The van der Waals surface area contributed by atoms with E-state index in [-0.39, 0.29) is 18.1 Å². The van der Waals surface area contributed by atoms with Crippen molar-refractivity contribution in [1.82, 2.24) is 19.5 Å². The van der Waals surface area contributed by atoms with Crippen LogP contribution in [0.2, 0.25) is 0 Å². The summed E-state index contributed by atoms with van der Waals surface area (Å²) >= 11 is 0. The van der Waals surface area contributed by atoms with Crippen molar-refractivity contribution in [2.45, 2.75) is 42.8 Å². The number of halogens is 3. The SMILES string of the molecule is Nc1nc2cc(C[C@H]3[C@H]4O[C@@H](n5ccc6c(N)ncnc65)[C@H](O)[C@@]4(O)CC3(F)F)ccc2cc1F. The van der Waals surface area contributed by atoms with Crippen LogP contribution in [0.5, 0.6) is 0 Å². The molecule has 182 valence electrons. The van der Waals surface area contributed by atoms with Crippen LogP contribution in [0.3, 0.4) is 0 Å². The number of nitrogen functional groups attached to an aromatic ring is 2. The normalized spacial score (nSPS) is 29.7. The molecule has 1 aliphatic heterocycles. The predicted octanol–water partition coefficient (Wildman–Crippen LogP) is 2.17. The van der Waals surface area contributed by atoms with Gasteiger partial charge in [-0.25, -0.2) is 28.1 Å². The Morgan fingerprint density at radius 1 is 1.14 bits per heavy atom. The van der Waals surface area contributed by atoms with Gasteiger partial charge in [-0.1, -0.05) is 12.1 Å². The molecule has 9 nitrogen and oxygen atoms in total. The molecule has 1 saturated carbocycles. The maximum atomic E-state index is 15.2. The van der Waals surface area contributed by atoms with Gasteiger partial charge in [0.2, 0.25) is 0 Å². The molecule has 0 spiro atoms. The van der Waals surface area contributed by atoms with Gasteiger partial charge < -0.3 is 31.0 Å². The molecule has 1 saturated heterocycles. The fourth-order valence-corrected chi connectivity index (χ4v) is 5.39. The maximum absolute atomic E-state index is 15.2. The monoisotopic (exact) mass is 486 g/mol. The topological polar surface area (TPSA) is 145 Å². The number of nitrogens with two attached hydrogens (primary N) is 2. The molecule has 4 aromatic rings. The average Bonchev–Trinajstić information content (AvgIpc) is 3.38. The molecule has 0 bridgehead atoms. The predicted molar refractivity (Wildman–Crippen MR) is 120 cm³/mol. The first-order valence-corrected chi connectivity index (χ1v) is 10.9. The maximum Gasteiger partial charge on any atom is 0.256 e. The van der Waals surface area contributed by atoms with E-state index >= 15 is 8.78 Å². The number of aliphatic hydroxyl groups excluding tert-OH is 1. The van der Waals surface area contributed by atoms with E-state index in [1.54, 1.807) is 30.5 Å². The molecule has 5 atom stereocenters. The first-order chi connectivity index (χ1) is 16.6. The molecular formula is C23H21F3N6O3. The first kappa shape index (κ1) is 22.0. The summed E-state index contributed by atoms with van der Waals surface area (Å²) in [5, 5.41) is 23.2. The third kappa shape index (κ3) is 3.17. The van der Waals surface area contributed by atoms with Gasteiger partial charge in [0.25, 0.3) is 5.92 Å².